The van der Waals surface area contributed by atoms with E-state index in [2.05, 4.69) is 31.6 Å². The predicted octanol–water partition coefficient (Wildman–Crippen LogP) is 3.59. The van der Waals surface area contributed by atoms with Crippen LogP contribution in [0, 0.1) is 6.07 Å². The Morgan fingerprint density at radius 3 is 3.09 bits per heavy atom. The molecule has 1 unspecified atom stereocenters. The van der Waals surface area contributed by atoms with Crippen molar-refractivity contribution < 1.29 is 9.26 Å². The van der Waals surface area contributed by atoms with Crippen molar-refractivity contribution in [3.63, 3.8) is 0 Å². The number of benzene rings is 1. The summed E-state index contributed by atoms with van der Waals surface area (Å²) in [6, 6.07) is 10.3. The quantitative estimate of drug-likeness (QED) is 0.690. The highest BCUT2D eigenvalue weighted by Crippen LogP contribution is 2.29. The van der Waals surface area contributed by atoms with E-state index in [9.17, 15) is 0 Å². The second-order valence-corrected chi connectivity index (χ2v) is 4.68. The summed E-state index contributed by atoms with van der Waals surface area (Å²) in [6.45, 7) is 0. The average molecular weight is 304 g/mol. The number of rotatable bonds is 3. The average Bonchev–Trinajstić information content (AvgIpc) is 3.09. The number of fused-ring (bicyclic) bond motifs is 1. The Labute approximate surface area is 131 Å². The summed E-state index contributed by atoms with van der Waals surface area (Å²) in [6.07, 6.45) is 8.28. The van der Waals surface area contributed by atoms with Crippen molar-refractivity contribution >= 4 is 16.8 Å². The maximum absolute atomic E-state index is 5.31. The zero-order valence-corrected chi connectivity index (χ0v) is 11.8. The minimum atomic E-state index is -0.431. The van der Waals surface area contributed by atoms with Crippen molar-refractivity contribution in [2.75, 3.05) is 0 Å². The monoisotopic (exact) mass is 304 g/mol. The molecule has 0 fully saturated rings. The highest BCUT2D eigenvalue weighted by atomic mass is 16.5. The van der Waals surface area contributed by atoms with Crippen LogP contribution >= 0.6 is 0 Å². The third kappa shape index (κ3) is 2.71. The van der Waals surface area contributed by atoms with Crippen LogP contribution in [-0.2, 0) is 4.74 Å². The first-order chi connectivity index (χ1) is 11.4. The second kappa shape index (κ2) is 5.80. The van der Waals surface area contributed by atoms with Crippen LogP contribution in [0.15, 0.2) is 69.7 Å². The Morgan fingerprint density at radius 2 is 2.17 bits per heavy atom. The molecule has 0 spiro atoms. The number of nitrogens with zero attached hydrogens (tertiary/aromatic N) is 5. The molecule has 1 radical (unpaired) electrons. The number of aromatic nitrogens is 3. The number of hydrogen-bond acceptors (Lipinski definition) is 7. The SMILES string of the molecule is [c]1c(-c2ncccc2N=NC2C=CC=CO2)ccc2onnc12. The summed E-state index contributed by atoms with van der Waals surface area (Å²) in [7, 11) is 0. The first-order valence-electron chi connectivity index (χ1n) is 6.89. The minimum Gasteiger partial charge on any atom is -0.471 e. The molecule has 0 bridgehead atoms. The number of hydrogen-bond donors (Lipinski definition) is 0. The van der Waals surface area contributed by atoms with E-state index in [-0.39, 0.29) is 0 Å². The van der Waals surface area contributed by atoms with Gasteiger partial charge in [-0.05, 0) is 36.4 Å². The lowest BCUT2D eigenvalue weighted by atomic mass is 10.1. The summed E-state index contributed by atoms with van der Waals surface area (Å²) in [4.78, 5) is 4.37. The van der Waals surface area contributed by atoms with E-state index in [1.54, 1.807) is 36.7 Å². The molecule has 7 nitrogen and oxygen atoms in total. The molecule has 1 aliphatic heterocycles. The van der Waals surface area contributed by atoms with Crippen LogP contribution in [0.1, 0.15) is 0 Å². The normalized spacial score (nSPS) is 17.0. The lowest BCUT2D eigenvalue weighted by Gasteiger charge is -2.09. The van der Waals surface area contributed by atoms with Gasteiger partial charge in [0.25, 0.3) is 0 Å². The molecule has 7 heteroatoms. The van der Waals surface area contributed by atoms with Crippen LogP contribution in [-0.4, -0.2) is 21.6 Å². The molecule has 0 saturated heterocycles. The van der Waals surface area contributed by atoms with Crippen LogP contribution in [0.3, 0.4) is 0 Å². The fourth-order valence-corrected chi connectivity index (χ4v) is 2.11. The predicted molar refractivity (Wildman–Crippen MR) is 81.5 cm³/mol. The Kier molecular flexibility index (Phi) is 3.36. The van der Waals surface area contributed by atoms with Crippen molar-refractivity contribution in [3.8, 4) is 11.3 Å². The molecule has 1 atom stereocenters. The van der Waals surface area contributed by atoms with E-state index in [0.29, 0.717) is 22.5 Å². The van der Waals surface area contributed by atoms with E-state index in [0.717, 1.165) is 5.56 Å². The van der Waals surface area contributed by atoms with Crippen molar-refractivity contribution in [1.82, 2.24) is 15.4 Å². The highest BCUT2D eigenvalue weighted by molar-refractivity contribution is 5.81. The zero-order valence-electron chi connectivity index (χ0n) is 11.8. The molecule has 0 N–H and O–H groups in total. The summed E-state index contributed by atoms with van der Waals surface area (Å²) in [5.41, 5.74) is 3.12. The van der Waals surface area contributed by atoms with Gasteiger partial charge in [-0.25, -0.2) is 0 Å². The number of ether oxygens (including phenoxy) is 1. The van der Waals surface area contributed by atoms with Gasteiger partial charge in [-0.2, -0.15) is 0 Å². The van der Waals surface area contributed by atoms with Crippen molar-refractivity contribution in [2.24, 2.45) is 10.2 Å². The largest absolute Gasteiger partial charge is 0.471 e. The minimum absolute atomic E-state index is 0.431. The first kappa shape index (κ1) is 13.3. The fourth-order valence-electron chi connectivity index (χ4n) is 2.11. The molecule has 3 aromatic rings. The summed E-state index contributed by atoms with van der Waals surface area (Å²) in [5.74, 6) is 0. The van der Waals surface area contributed by atoms with Crippen LogP contribution in [0.25, 0.3) is 22.4 Å². The Balaban J connectivity index is 1.70. The van der Waals surface area contributed by atoms with Gasteiger partial charge in [0, 0.05) is 23.1 Å². The van der Waals surface area contributed by atoms with Crippen LogP contribution in [0.2, 0.25) is 0 Å². The van der Waals surface area contributed by atoms with E-state index >= 15 is 0 Å². The van der Waals surface area contributed by atoms with Gasteiger partial charge in [-0.15, -0.1) is 15.3 Å². The van der Waals surface area contributed by atoms with Crippen LogP contribution < -0.4 is 0 Å². The maximum Gasteiger partial charge on any atom is 0.227 e. The lowest BCUT2D eigenvalue weighted by Crippen LogP contribution is -2.02. The molecule has 3 heterocycles. The Morgan fingerprint density at radius 1 is 1.17 bits per heavy atom. The topological polar surface area (TPSA) is 85.8 Å². The Hall–Kier alpha value is -3.35. The standard InChI is InChI=1S/C16H10N5O2/c1-2-9-22-15(5-1)20-18-12-4-3-8-17-16(12)11-6-7-14-13(10-11)19-21-23-14/h1-9,15H. The fraction of sp³-hybridized carbons (Fsp3) is 0.0625. The van der Waals surface area contributed by atoms with Gasteiger partial charge in [0.2, 0.25) is 6.23 Å². The van der Waals surface area contributed by atoms with Crippen molar-refractivity contribution in [2.45, 2.75) is 6.23 Å². The van der Waals surface area contributed by atoms with Gasteiger partial charge in [0.15, 0.2) is 5.58 Å². The summed E-state index contributed by atoms with van der Waals surface area (Å²) in [5, 5.41) is 15.8. The number of pyridine rings is 1. The molecular weight excluding hydrogens is 294 g/mol. The summed E-state index contributed by atoms with van der Waals surface area (Å²) >= 11 is 0. The second-order valence-electron chi connectivity index (χ2n) is 4.68. The molecule has 4 rings (SSSR count). The number of azo groups is 1. The molecule has 0 saturated carbocycles. The van der Waals surface area contributed by atoms with Crippen molar-refractivity contribution in [3.05, 3.63) is 61.0 Å². The van der Waals surface area contributed by atoms with E-state index < -0.39 is 6.23 Å². The molecule has 1 aliphatic rings. The van der Waals surface area contributed by atoms with Crippen LogP contribution in [0.5, 0.6) is 0 Å². The first-order valence-corrected chi connectivity index (χ1v) is 6.89. The summed E-state index contributed by atoms with van der Waals surface area (Å²) < 4.78 is 10.3. The maximum atomic E-state index is 5.31. The third-order valence-electron chi connectivity index (χ3n) is 3.17. The smallest absolute Gasteiger partial charge is 0.227 e. The van der Waals surface area contributed by atoms with E-state index in [4.69, 9.17) is 9.26 Å². The number of allylic oxidation sites excluding steroid dienone is 2. The lowest BCUT2D eigenvalue weighted by molar-refractivity contribution is 0.185. The van der Waals surface area contributed by atoms with Gasteiger partial charge in [-0.3, -0.25) is 4.98 Å². The molecule has 23 heavy (non-hydrogen) atoms. The molecule has 2 aromatic heterocycles. The van der Waals surface area contributed by atoms with Gasteiger partial charge < -0.3 is 9.26 Å². The van der Waals surface area contributed by atoms with E-state index in [1.165, 1.54) is 0 Å². The molecule has 0 aliphatic carbocycles. The highest BCUT2D eigenvalue weighted by Gasteiger charge is 2.10. The molecule has 1 aromatic carbocycles. The molecular formula is C16H10N5O2. The third-order valence-corrected chi connectivity index (χ3v) is 3.17. The molecule has 111 valence electrons. The molecule has 0 amide bonds. The van der Waals surface area contributed by atoms with Gasteiger partial charge >= 0.3 is 0 Å². The van der Waals surface area contributed by atoms with Crippen LogP contribution in [0.4, 0.5) is 5.69 Å². The Bertz CT molecular complexity index is 929. The van der Waals surface area contributed by atoms with E-state index in [1.807, 2.05) is 18.2 Å². The zero-order chi connectivity index (χ0) is 15.5. The van der Waals surface area contributed by atoms with Gasteiger partial charge in [0.1, 0.15) is 11.2 Å². The van der Waals surface area contributed by atoms with Gasteiger partial charge in [0.05, 0.1) is 12.0 Å². The van der Waals surface area contributed by atoms with Gasteiger partial charge in [-0.1, -0.05) is 6.08 Å². The van der Waals surface area contributed by atoms with Crippen molar-refractivity contribution in [1.29, 1.82) is 0 Å².